The molecule has 0 aliphatic carbocycles. The van der Waals surface area contributed by atoms with Crippen molar-refractivity contribution in [2.75, 3.05) is 0 Å². The first kappa shape index (κ1) is 20.3. The van der Waals surface area contributed by atoms with Gasteiger partial charge in [-0.1, -0.05) is 40.2 Å². The van der Waals surface area contributed by atoms with Crippen molar-refractivity contribution in [1.82, 2.24) is 19.3 Å². The molecule has 2 aromatic heterocycles. The Bertz CT molecular complexity index is 1490. The molecule has 0 fully saturated rings. The van der Waals surface area contributed by atoms with Gasteiger partial charge in [0.05, 0.1) is 23.1 Å². The van der Waals surface area contributed by atoms with E-state index < -0.39 is 12.5 Å². The second-order valence-corrected chi connectivity index (χ2v) is 8.04. The Morgan fingerprint density at radius 1 is 0.906 bits per heavy atom. The second kappa shape index (κ2) is 8.12. The van der Waals surface area contributed by atoms with Crippen molar-refractivity contribution >= 4 is 27.0 Å². The summed E-state index contributed by atoms with van der Waals surface area (Å²) in [5.74, 6) is -0.340. The lowest BCUT2D eigenvalue weighted by Gasteiger charge is -2.14. The third-order valence-electron chi connectivity index (χ3n) is 5.14. The molecule has 0 bridgehead atoms. The maximum absolute atomic E-state index is 14.8. The summed E-state index contributed by atoms with van der Waals surface area (Å²) in [5, 5.41) is 4.61. The maximum atomic E-state index is 14.8. The van der Waals surface area contributed by atoms with E-state index in [1.54, 1.807) is 66.7 Å². The summed E-state index contributed by atoms with van der Waals surface area (Å²) in [6, 6.07) is 20.0. The van der Waals surface area contributed by atoms with E-state index in [4.69, 9.17) is 0 Å². The van der Waals surface area contributed by atoms with Crippen LogP contribution < -0.4 is 5.56 Å². The van der Waals surface area contributed by atoms with Crippen LogP contribution in [0.4, 0.5) is 8.78 Å². The van der Waals surface area contributed by atoms with Gasteiger partial charge in [-0.2, -0.15) is 5.10 Å². The summed E-state index contributed by atoms with van der Waals surface area (Å²) in [6.45, 7) is -0.576. The monoisotopic (exact) mass is 492 g/mol. The van der Waals surface area contributed by atoms with Crippen LogP contribution in [0.15, 0.2) is 88.3 Å². The molecule has 32 heavy (non-hydrogen) atoms. The Hall–Kier alpha value is -3.65. The largest absolute Gasteiger partial charge is 0.269 e. The SMILES string of the molecule is O=c1c2cnn(-c3ccc(CF)cc3)c2nc(-c2ccccc2F)n1-c1ccc(Br)cc1. The van der Waals surface area contributed by atoms with Crippen molar-refractivity contribution in [1.29, 1.82) is 0 Å². The van der Waals surface area contributed by atoms with Gasteiger partial charge < -0.3 is 0 Å². The van der Waals surface area contributed by atoms with Crippen LogP contribution in [0.3, 0.4) is 0 Å². The summed E-state index contributed by atoms with van der Waals surface area (Å²) in [5.41, 5.74) is 1.80. The van der Waals surface area contributed by atoms with Gasteiger partial charge in [-0.15, -0.1) is 0 Å². The van der Waals surface area contributed by atoms with E-state index in [0.717, 1.165) is 4.47 Å². The minimum atomic E-state index is -0.576. The number of rotatable bonds is 4. The Kier molecular flexibility index (Phi) is 5.14. The van der Waals surface area contributed by atoms with Crippen LogP contribution in [0.25, 0.3) is 33.8 Å². The lowest BCUT2D eigenvalue weighted by Crippen LogP contribution is -2.22. The molecule has 0 aliphatic rings. The second-order valence-electron chi connectivity index (χ2n) is 7.13. The molecule has 5 rings (SSSR count). The molecular formula is C24H15BrF2N4O. The average molecular weight is 493 g/mol. The molecule has 3 aromatic carbocycles. The fourth-order valence-electron chi connectivity index (χ4n) is 3.54. The normalized spacial score (nSPS) is 11.2. The predicted molar refractivity (Wildman–Crippen MR) is 122 cm³/mol. The van der Waals surface area contributed by atoms with Crippen molar-refractivity contribution in [3.8, 4) is 22.8 Å². The van der Waals surface area contributed by atoms with Gasteiger partial charge in [-0.25, -0.2) is 18.4 Å². The predicted octanol–water partition coefficient (Wildman–Crippen LogP) is 5.61. The fraction of sp³-hybridized carbons (Fsp3) is 0.0417. The molecule has 0 radical (unpaired) electrons. The lowest BCUT2D eigenvalue weighted by atomic mass is 10.1. The van der Waals surface area contributed by atoms with Crippen LogP contribution >= 0.6 is 15.9 Å². The van der Waals surface area contributed by atoms with Crippen LogP contribution in [0, 0.1) is 5.82 Å². The van der Waals surface area contributed by atoms with Gasteiger partial charge in [0.2, 0.25) is 0 Å². The topological polar surface area (TPSA) is 52.7 Å². The van der Waals surface area contributed by atoms with Gasteiger partial charge in [0, 0.05) is 4.47 Å². The van der Waals surface area contributed by atoms with Crippen molar-refractivity contribution in [2.24, 2.45) is 0 Å². The number of nitrogens with zero attached hydrogens (tertiary/aromatic N) is 4. The Labute approximate surface area is 189 Å². The van der Waals surface area contributed by atoms with E-state index in [1.807, 2.05) is 0 Å². The molecule has 0 unspecified atom stereocenters. The maximum Gasteiger partial charge on any atom is 0.269 e. The highest BCUT2D eigenvalue weighted by atomic mass is 79.9. The molecule has 0 N–H and O–H groups in total. The third-order valence-corrected chi connectivity index (χ3v) is 5.66. The lowest BCUT2D eigenvalue weighted by molar-refractivity contribution is 0.485. The van der Waals surface area contributed by atoms with Gasteiger partial charge in [0.15, 0.2) is 11.5 Å². The van der Waals surface area contributed by atoms with Crippen molar-refractivity contribution in [2.45, 2.75) is 6.67 Å². The van der Waals surface area contributed by atoms with E-state index in [9.17, 15) is 13.6 Å². The molecule has 0 atom stereocenters. The number of benzene rings is 3. The minimum absolute atomic E-state index is 0.157. The van der Waals surface area contributed by atoms with E-state index in [-0.39, 0.29) is 28.0 Å². The zero-order valence-corrected chi connectivity index (χ0v) is 18.1. The first-order chi connectivity index (χ1) is 15.6. The van der Waals surface area contributed by atoms with Gasteiger partial charge in [-0.3, -0.25) is 9.36 Å². The quantitative estimate of drug-likeness (QED) is 0.327. The Morgan fingerprint density at radius 3 is 2.28 bits per heavy atom. The molecule has 2 heterocycles. The van der Waals surface area contributed by atoms with Crippen molar-refractivity contribution in [3.05, 3.63) is 105 Å². The molecule has 0 amide bonds. The molecule has 158 valence electrons. The molecular weight excluding hydrogens is 478 g/mol. The number of aromatic nitrogens is 4. The molecule has 8 heteroatoms. The van der Waals surface area contributed by atoms with Crippen LogP contribution in [0.2, 0.25) is 0 Å². The Balaban J connectivity index is 1.82. The van der Waals surface area contributed by atoms with Gasteiger partial charge in [0.1, 0.15) is 17.9 Å². The van der Waals surface area contributed by atoms with Crippen molar-refractivity contribution < 1.29 is 8.78 Å². The minimum Gasteiger partial charge on any atom is -0.268 e. The molecule has 0 saturated heterocycles. The summed E-state index contributed by atoms with van der Waals surface area (Å²) < 4.78 is 31.4. The van der Waals surface area contributed by atoms with E-state index in [1.165, 1.54) is 21.5 Å². The van der Waals surface area contributed by atoms with Gasteiger partial charge in [-0.05, 0) is 54.1 Å². The number of alkyl halides is 1. The first-order valence-electron chi connectivity index (χ1n) is 9.74. The molecule has 5 nitrogen and oxygen atoms in total. The number of hydrogen-bond donors (Lipinski definition) is 0. The highest BCUT2D eigenvalue weighted by molar-refractivity contribution is 9.10. The number of fused-ring (bicyclic) bond motifs is 1. The average Bonchev–Trinajstić information content (AvgIpc) is 3.25. The Morgan fingerprint density at radius 2 is 1.59 bits per heavy atom. The van der Waals surface area contributed by atoms with Crippen LogP contribution in [0.5, 0.6) is 0 Å². The summed E-state index contributed by atoms with van der Waals surface area (Å²) in [6.07, 6.45) is 1.44. The summed E-state index contributed by atoms with van der Waals surface area (Å²) >= 11 is 3.39. The molecule has 0 spiro atoms. The highest BCUT2D eigenvalue weighted by Gasteiger charge is 2.20. The van der Waals surface area contributed by atoms with Crippen LogP contribution in [0.1, 0.15) is 5.56 Å². The third kappa shape index (κ3) is 3.42. The number of halogens is 3. The van der Waals surface area contributed by atoms with Crippen molar-refractivity contribution in [3.63, 3.8) is 0 Å². The van der Waals surface area contributed by atoms with E-state index in [0.29, 0.717) is 16.9 Å². The number of hydrogen-bond acceptors (Lipinski definition) is 3. The first-order valence-corrected chi connectivity index (χ1v) is 10.5. The zero-order chi connectivity index (χ0) is 22.2. The summed E-state index contributed by atoms with van der Waals surface area (Å²) in [7, 11) is 0. The zero-order valence-electron chi connectivity index (χ0n) is 16.5. The van der Waals surface area contributed by atoms with E-state index >= 15 is 0 Å². The fourth-order valence-corrected chi connectivity index (χ4v) is 3.80. The van der Waals surface area contributed by atoms with Crippen LogP contribution in [-0.2, 0) is 6.67 Å². The standard InChI is InChI=1S/C24H15BrF2N4O/c25-16-7-11-17(12-8-16)30-22(19-3-1-2-4-21(19)27)29-23-20(24(30)32)14-28-31(23)18-9-5-15(13-26)6-10-18/h1-12,14H,13H2. The summed E-state index contributed by atoms with van der Waals surface area (Å²) in [4.78, 5) is 18.2. The molecule has 0 aliphatic heterocycles. The highest BCUT2D eigenvalue weighted by Crippen LogP contribution is 2.26. The van der Waals surface area contributed by atoms with Gasteiger partial charge in [0.25, 0.3) is 5.56 Å². The smallest absolute Gasteiger partial charge is 0.268 e. The van der Waals surface area contributed by atoms with E-state index in [2.05, 4.69) is 26.0 Å². The van der Waals surface area contributed by atoms with Crippen LogP contribution in [-0.4, -0.2) is 19.3 Å². The van der Waals surface area contributed by atoms with Gasteiger partial charge >= 0.3 is 0 Å². The molecule has 5 aromatic rings. The molecule has 0 saturated carbocycles.